The first-order valence-electron chi connectivity index (χ1n) is 18.1. The van der Waals surface area contributed by atoms with Gasteiger partial charge in [0, 0.05) is 21.7 Å². The fourth-order valence-electron chi connectivity index (χ4n) is 7.28. The molecule has 56 heavy (non-hydrogen) atoms. The minimum Gasteiger partial charge on any atom is -1.00 e. The number of carboxylic acid groups (broad SMARTS) is 2. The van der Waals surface area contributed by atoms with Crippen molar-refractivity contribution in [3.8, 4) is 0 Å². The number of carbonyl (C=O) groups is 2. The Labute approximate surface area is 353 Å². The Morgan fingerprint density at radius 3 is 0.750 bits per heavy atom. The van der Waals surface area contributed by atoms with Crippen LogP contribution in [0.2, 0.25) is 0 Å². The average Bonchev–Trinajstić information content (AvgIpc) is 3.38. The molecular formula is C50H47ClO4Ti-2. The van der Waals surface area contributed by atoms with Crippen molar-refractivity contribution in [1.29, 1.82) is 0 Å². The van der Waals surface area contributed by atoms with E-state index in [1.54, 1.807) is 0 Å². The number of hydrogen-bond acceptors (Lipinski definition) is 2. The second-order valence-corrected chi connectivity index (χ2v) is 13.9. The predicted octanol–water partition coefficient (Wildman–Crippen LogP) is 8.32. The summed E-state index contributed by atoms with van der Waals surface area (Å²) in [5.41, 5.74) is 6.48. The van der Waals surface area contributed by atoms with E-state index < -0.39 is 22.8 Å². The summed E-state index contributed by atoms with van der Waals surface area (Å²) < 4.78 is 0. The number of allylic oxidation sites excluding steroid dienone is 4. The number of benzene rings is 6. The Morgan fingerprint density at radius 1 is 0.446 bits per heavy atom. The fraction of sp³-hybridized carbons (Fsp3) is 0.160. The van der Waals surface area contributed by atoms with E-state index in [1.807, 2.05) is 182 Å². The molecule has 2 N–H and O–H groups in total. The molecule has 6 aromatic carbocycles. The van der Waals surface area contributed by atoms with Gasteiger partial charge in [-0.3, -0.25) is 15.7 Å². The van der Waals surface area contributed by atoms with E-state index in [2.05, 4.69) is 40.7 Å². The van der Waals surface area contributed by atoms with Gasteiger partial charge in [0.15, 0.2) is 0 Å². The van der Waals surface area contributed by atoms with Gasteiger partial charge in [0.2, 0.25) is 0 Å². The van der Waals surface area contributed by atoms with Crippen LogP contribution in [0.1, 0.15) is 68.0 Å². The van der Waals surface area contributed by atoms with Gasteiger partial charge in [-0.25, -0.2) is 5.57 Å². The van der Waals surface area contributed by atoms with Gasteiger partial charge in [-0.15, -0.1) is 6.92 Å². The zero-order valence-electron chi connectivity index (χ0n) is 32.4. The van der Waals surface area contributed by atoms with Crippen molar-refractivity contribution in [2.75, 3.05) is 0 Å². The van der Waals surface area contributed by atoms with E-state index >= 15 is 0 Å². The van der Waals surface area contributed by atoms with Crippen LogP contribution in [0.15, 0.2) is 199 Å². The largest absolute Gasteiger partial charge is 1.00 e. The quantitative estimate of drug-likeness (QED) is 0.0924. The molecule has 4 nitrogen and oxygen atoms in total. The van der Waals surface area contributed by atoms with Crippen LogP contribution in [0.4, 0.5) is 0 Å². The van der Waals surface area contributed by atoms with E-state index in [-0.39, 0.29) is 39.5 Å². The summed E-state index contributed by atoms with van der Waals surface area (Å²) in [6, 6.07) is 56.3. The molecule has 0 aromatic heterocycles. The van der Waals surface area contributed by atoms with Gasteiger partial charge < -0.3 is 22.6 Å². The summed E-state index contributed by atoms with van der Waals surface area (Å²) >= 11 is 0. The minimum atomic E-state index is -1.20. The Morgan fingerprint density at radius 2 is 0.643 bits per heavy atom. The summed E-state index contributed by atoms with van der Waals surface area (Å²) in [5.74, 6) is -1.76. The normalized spacial score (nSPS) is 12.9. The molecule has 284 valence electrons. The molecule has 1 aliphatic rings. The monoisotopic (exact) mass is 794 g/mol. The Hall–Kier alpha value is -5.26. The van der Waals surface area contributed by atoms with E-state index in [9.17, 15) is 19.8 Å². The molecule has 0 saturated carbocycles. The summed E-state index contributed by atoms with van der Waals surface area (Å²) in [6.07, 6.45) is 3.44. The van der Waals surface area contributed by atoms with Crippen LogP contribution in [0.25, 0.3) is 0 Å². The van der Waals surface area contributed by atoms with E-state index in [0.717, 1.165) is 33.4 Å². The van der Waals surface area contributed by atoms with Gasteiger partial charge in [-0.05, 0) is 33.4 Å². The molecule has 0 fully saturated rings. The van der Waals surface area contributed by atoms with Crippen LogP contribution < -0.4 is 12.4 Å². The second kappa shape index (κ2) is 20.1. The Kier molecular flexibility index (Phi) is 16.2. The molecule has 0 unspecified atom stereocenters. The van der Waals surface area contributed by atoms with E-state index in [4.69, 9.17) is 0 Å². The first kappa shape index (κ1) is 45.1. The van der Waals surface area contributed by atoms with Gasteiger partial charge in [-0.2, -0.15) is 11.1 Å². The van der Waals surface area contributed by atoms with Crippen molar-refractivity contribution >= 4 is 11.9 Å². The average molecular weight is 795 g/mol. The van der Waals surface area contributed by atoms with Crippen LogP contribution in [-0.2, 0) is 42.1 Å². The van der Waals surface area contributed by atoms with Crippen LogP contribution in [-0.4, -0.2) is 22.2 Å². The zero-order valence-corrected chi connectivity index (χ0v) is 34.7. The van der Waals surface area contributed by atoms with Gasteiger partial charge in [0.1, 0.15) is 10.8 Å². The summed E-state index contributed by atoms with van der Waals surface area (Å²) in [4.78, 5) is 24.8. The molecule has 0 bridgehead atoms. The van der Waals surface area contributed by atoms with Crippen molar-refractivity contribution in [2.24, 2.45) is 5.41 Å². The number of hydrogen-bond donors (Lipinski definition) is 2. The summed E-state index contributed by atoms with van der Waals surface area (Å²) in [5, 5.41) is 20.4. The summed E-state index contributed by atoms with van der Waals surface area (Å²) in [6.45, 7) is 10.9. The molecule has 0 radical (unpaired) electrons. The van der Waals surface area contributed by atoms with Gasteiger partial charge in [-0.1, -0.05) is 215 Å². The maximum absolute atomic E-state index is 12.4. The molecule has 0 heterocycles. The number of rotatable bonds is 8. The van der Waals surface area contributed by atoms with Crippen LogP contribution in [0.5, 0.6) is 0 Å². The molecule has 1 aliphatic carbocycles. The number of aliphatic carboxylic acids is 2. The third-order valence-electron chi connectivity index (χ3n) is 10.4. The van der Waals surface area contributed by atoms with E-state index in [0.29, 0.717) is 0 Å². The molecule has 0 spiro atoms. The number of carboxylic acids is 2. The number of halogens is 1. The fourth-order valence-corrected chi connectivity index (χ4v) is 7.28. The summed E-state index contributed by atoms with van der Waals surface area (Å²) in [7, 11) is 0. The molecule has 0 atom stereocenters. The van der Waals surface area contributed by atoms with Crippen molar-refractivity contribution in [3.63, 3.8) is 0 Å². The molecular weight excluding hydrogens is 748 g/mol. The SMILES string of the molecule is CC1=[C-]C(C)(C)C(C)=C1C.O=C(O)C(c1ccccc1)(c1ccccc1)c1ccccc1.O=C(O)C(c1ccccc1)(c1ccccc1)c1ccccc1.[Cl-].[Ti]. The molecule has 0 amide bonds. The van der Waals surface area contributed by atoms with Crippen LogP contribution in [0.3, 0.4) is 0 Å². The zero-order chi connectivity index (χ0) is 38.8. The second-order valence-electron chi connectivity index (χ2n) is 13.9. The maximum Gasteiger partial charge on any atom is 0.323 e. The molecule has 7 rings (SSSR count). The van der Waals surface area contributed by atoms with Gasteiger partial charge in [0.25, 0.3) is 0 Å². The smallest absolute Gasteiger partial charge is 0.323 e. The molecule has 0 saturated heterocycles. The minimum absolute atomic E-state index is 0. The van der Waals surface area contributed by atoms with Crippen molar-refractivity contribution in [2.45, 2.75) is 45.4 Å². The molecule has 0 aliphatic heterocycles. The van der Waals surface area contributed by atoms with Crippen molar-refractivity contribution < 1.29 is 53.9 Å². The topological polar surface area (TPSA) is 74.6 Å². The first-order valence-corrected chi connectivity index (χ1v) is 18.1. The van der Waals surface area contributed by atoms with Gasteiger partial charge >= 0.3 is 11.9 Å². The Balaban J connectivity index is 0.000000236. The third kappa shape index (κ3) is 9.23. The van der Waals surface area contributed by atoms with E-state index in [1.165, 1.54) is 16.7 Å². The molecule has 6 aromatic rings. The first-order chi connectivity index (χ1) is 26.0. The predicted molar refractivity (Wildman–Crippen MR) is 218 cm³/mol. The van der Waals surface area contributed by atoms with Crippen LogP contribution in [0, 0.1) is 11.5 Å². The Bertz CT molecular complexity index is 1870. The maximum atomic E-state index is 12.4. The van der Waals surface area contributed by atoms with Crippen LogP contribution >= 0.6 is 0 Å². The van der Waals surface area contributed by atoms with Gasteiger partial charge in [0.05, 0.1) is 0 Å². The molecule has 6 heteroatoms. The standard InChI is InChI=1S/2C20H16O2.C10H15.ClH.Ti/c2*21-19(22)20(16-10-4-1-5-11-16,17-12-6-2-7-13-17)18-14-8-3-9-15-18;1-7-6-10(4,5)9(3)8(7)2;;/h2*1-15H,(H,21,22);1-5H3;1H;/q;;-1;;/p-1. The van der Waals surface area contributed by atoms with Crippen molar-refractivity contribution in [3.05, 3.63) is 238 Å². The third-order valence-corrected chi connectivity index (χ3v) is 10.4. The van der Waals surface area contributed by atoms with Crippen molar-refractivity contribution in [1.82, 2.24) is 0 Å².